The number of phenolic OH excluding ortho intramolecular Hbond substituents is 1. The fourth-order valence-corrected chi connectivity index (χ4v) is 1.60. The standard InChI is InChI=1S/C9H11F2NO3S/c1-5(2)16(14,15)12-7-4-3-6(10)8(11)9(7)13/h3-5,12-13H,1-2H3. The van der Waals surface area contributed by atoms with Crippen molar-refractivity contribution in [3.05, 3.63) is 23.8 Å². The predicted molar refractivity (Wildman–Crippen MR) is 55.7 cm³/mol. The van der Waals surface area contributed by atoms with Crippen molar-refractivity contribution in [1.29, 1.82) is 0 Å². The van der Waals surface area contributed by atoms with E-state index in [0.29, 0.717) is 0 Å². The summed E-state index contributed by atoms with van der Waals surface area (Å²) in [5.41, 5.74) is -0.382. The van der Waals surface area contributed by atoms with Crippen molar-refractivity contribution in [1.82, 2.24) is 0 Å². The van der Waals surface area contributed by atoms with Gasteiger partial charge in [-0.1, -0.05) is 0 Å². The summed E-state index contributed by atoms with van der Waals surface area (Å²) in [5, 5.41) is 8.43. The molecule has 2 N–H and O–H groups in total. The normalized spacial score (nSPS) is 11.8. The van der Waals surface area contributed by atoms with Crippen LogP contribution in [0, 0.1) is 11.6 Å². The number of phenols is 1. The van der Waals surface area contributed by atoms with E-state index in [2.05, 4.69) is 0 Å². The minimum Gasteiger partial charge on any atom is -0.503 e. The molecular weight excluding hydrogens is 240 g/mol. The summed E-state index contributed by atoms with van der Waals surface area (Å²) in [6.45, 7) is 2.83. The maximum absolute atomic E-state index is 12.9. The summed E-state index contributed by atoms with van der Waals surface area (Å²) in [5.74, 6) is -3.78. The molecule has 0 saturated heterocycles. The monoisotopic (exact) mass is 251 g/mol. The summed E-state index contributed by atoms with van der Waals surface area (Å²) in [4.78, 5) is 0. The summed E-state index contributed by atoms with van der Waals surface area (Å²) in [6, 6.07) is 1.68. The molecule has 16 heavy (non-hydrogen) atoms. The van der Waals surface area contributed by atoms with Gasteiger partial charge in [-0.05, 0) is 26.0 Å². The van der Waals surface area contributed by atoms with Crippen LogP contribution in [0.3, 0.4) is 0 Å². The molecule has 4 nitrogen and oxygen atoms in total. The first-order valence-corrected chi connectivity index (χ1v) is 5.99. The van der Waals surface area contributed by atoms with Crippen LogP contribution in [-0.2, 0) is 10.0 Å². The van der Waals surface area contributed by atoms with Crippen LogP contribution in [0.25, 0.3) is 0 Å². The molecule has 1 aromatic carbocycles. The average Bonchev–Trinajstić information content (AvgIpc) is 2.19. The van der Waals surface area contributed by atoms with Crippen molar-refractivity contribution < 1.29 is 22.3 Å². The molecule has 0 saturated carbocycles. The largest absolute Gasteiger partial charge is 0.503 e. The van der Waals surface area contributed by atoms with Crippen molar-refractivity contribution in [2.24, 2.45) is 0 Å². The highest BCUT2D eigenvalue weighted by Gasteiger charge is 2.20. The molecule has 0 spiro atoms. The molecule has 0 atom stereocenters. The second kappa shape index (κ2) is 4.25. The molecule has 0 aliphatic carbocycles. The predicted octanol–water partition coefficient (Wildman–Crippen LogP) is 1.82. The van der Waals surface area contributed by atoms with Gasteiger partial charge in [-0.15, -0.1) is 0 Å². The zero-order valence-corrected chi connectivity index (χ0v) is 9.48. The van der Waals surface area contributed by atoms with Crippen molar-refractivity contribution in [3.63, 3.8) is 0 Å². The molecule has 0 radical (unpaired) electrons. The fourth-order valence-electron chi connectivity index (χ4n) is 0.893. The van der Waals surface area contributed by atoms with Crippen LogP contribution < -0.4 is 4.72 Å². The van der Waals surface area contributed by atoms with Crippen LogP contribution in [0.4, 0.5) is 14.5 Å². The summed E-state index contributed by atoms with van der Waals surface area (Å²) >= 11 is 0. The Morgan fingerprint density at radius 2 is 1.88 bits per heavy atom. The number of anilines is 1. The van der Waals surface area contributed by atoms with E-state index in [1.165, 1.54) is 13.8 Å². The molecule has 0 amide bonds. The Bertz CT molecular complexity index is 500. The lowest BCUT2D eigenvalue weighted by Crippen LogP contribution is -2.22. The molecule has 1 aromatic rings. The van der Waals surface area contributed by atoms with E-state index in [1.54, 1.807) is 0 Å². The summed E-state index contributed by atoms with van der Waals surface area (Å²) in [7, 11) is -3.70. The van der Waals surface area contributed by atoms with E-state index in [0.717, 1.165) is 12.1 Å². The van der Waals surface area contributed by atoms with Gasteiger partial charge in [0.25, 0.3) is 0 Å². The van der Waals surface area contributed by atoms with Crippen LogP contribution in [-0.4, -0.2) is 18.8 Å². The van der Waals surface area contributed by atoms with Gasteiger partial charge in [0.15, 0.2) is 11.6 Å². The minimum atomic E-state index is -3.70. The second-order valence-electron chi connectivity index (χ2n) is 3.45. The van der Waals surface area contributed by atoms with Crippen molar-refractivity contribution in [2.45, 2.75) is 19.1 Å². The third-order valence-corrected chi connectivity index (χ3v) is 3.69. The first-order chi connectivity index (χ1) is 7.25. The summed E-state index contributed by atoms with van der Waals surface area (Å²) in [6.07, 6.45) is 0. The number of halogens is 2. The third-order valence-electron chi connectivity index (χ3n) is 1.94. The van der Waals surface area contributed by atoms with Crippen molar-refractivity contribution >= 4 is 15.7 Å². The van der Waals surface area contributed by atoms with Gasteiger partial charge in [-0.25, -0.2) is 12.8 Å². The smallest absolute Gasteiger partial charge is 0.235 e. The van der Waals surface area contributed by atoms with Gasteiger partial charge in [-0.3, -0.25) is 4.72 Å². The Hall–Kier alpha value is -1.37. The molecule has 0 unspecified atom stereocenters. The highest BCUT2D eigenvalue weighted by atomic mass is 32.2. The van der Waals surface area contributed by atoms with Crippen LogP contribution in [0.2, 0.25) is 0 Å². The Morgan fingerprint density at radius 1 is 1.31 bits per heavy atom. The summed E-state index contributed by atoms with van der Waals surface area (Å²) < 4.78 is 50.3. The second-order valence-corrected chi connectivity index (χ2v) is 5.69. The molecule has 0 aromatic heterocycles. The van der Waals surface area contributed by atoms with Gasteiger partial charge in [0.2, 0.25) is 15.8 Å². The van der Waals surface area contributed by atoms with Crippen LogP contribution in [0.1, 0.15) is 13.8 Å². The van der Waals surface area contributed by atoms with Gasteiger partial charge in [0, 0.05) is 0 Å². The number of nitrogens with one attached hydrogen (secondary N) is 1. The van der Waals surface area contributed by atoms with Crippen molar-refractivity contribution in [2.75, 3.05) is 4.72 Å². The Morgan fingerprint density at radius 3 is 2.38 bits per heavy atom. The minimum absolute atomic E-state index is 0.382. The number of hydrogen-bond acceptors (Lipinski definition) is 3. The number of hydrogen-bond donors (Lipinski definition) is 2. The van der Waals surface area contributed by atoms with E-state index in [9.17, 15) is 22.3 Å². The van der Waals surface area contributed by atoms with Gasteiger partial charge >= 0.3 is 0 Å². The zero-order chi connectivity index (χ0) is 12.5. The molecular formula is C9H11F2NO3S. The highest BCUT2D eigenvalue weighted by molar-refractivity contribution is 7.93. The molecule has 1 rings (SSSR count). The Labute approximate surface area is 92.0 Å². The van der Waals surface area contributed by atoms with E-state index >= 15 is 0 Å². The molecule has 0 fully saturated rings. The lowest BCUT2D eigenvalue weighted by atomic mass is 10.3. The molecule has 0 aliphatic heterocycles. The quantitative estimate of drug-likeness (QED) is 0.805. The molecule has 0 aliphatic rings. The zero-order valence-electron chi connectivity index (χ0n) is 8.66. The number of benzene rings is 1. The van der Waals surface area contributed by atoms with E-state index in [4.69, 9.17) is 0 Å². The van der Waals surface area contributed by atoms with Gasteiger partial charge < -0.3 is 5.11 Å². The molecule has 7 heteroatoms. The van der Waals surface area contributed by atoms with Gasteiger partial charge in [-0.2, -0.15) is 4.39 Å². The van der Waals surface area contributed by atoms with E-state index in [-0.39, 0.29) is 5.69 Å². The average molecular weight is 251 g/mol. The number of sulfonamides is 1. The van der Waals surface area contributed by atoms with Gasteiger partial charge in [0.1, 0.15) is 0 Å². The van der Waals surface area contributed by atoms with Crippen LogP contribution in [0.15, 0.2) is 12.1 Å². The Balaban J connectivity index is 3.14. The lowest BCUT2D eigenvalue weighted by molar-refractivity contribution is 0.409. The maximum Gasteiger partial charge on any atom is 0.235 e. The van der Waals surface area contributed by atoms with Crippen LogP contribution in [0.5, 0.6) is 5.75 Å². The van der Waals surface area contributed by atoms with Crippen molar-refractivity contribution in [3.8, 4) is 5.75 Å². The number of aromatic hydroxyl groups is 1. The third kappa shape index (κ3) is 2.41. The molecule has 0 heterocycles. The maximum atomic E-state index is 12.9. The van der Waals surface area contributed by atoms with E-state index in [1.807, 2.05) is 4.72 Å². The number of rotatable bonds is 3. The topological polar surface area (TPSA) is 66.4 Å². The molecule has 0 bridgehead atoms. The van der Waals surface area contributed by atoms with Crippen LogP contribution >= 0.6 is 0 Å². The lowest BCUT2D eigenvalue weighted by Gasteiger charge is -2.12. The Kier molecular flexibility index (Phi) is 3.37. The first-order valence-electron chi connectivity index (χ1n) is 4.44. The van der Waals surface area contributed by atoms with Gasteiger partial charge in [0.05, 0.1) is 10.9 Å². The van der Waals surface area contributed by atoms with E-state index < -0.39 is 32.7 Å². The fraction of sp³-hybridized carbons (Fsp3) is 0.333. The first kappa shape index (κ1) is 12.7. The SMILES string of the molecule is CC(C)S(=O)(=O)Nc1ccc(F)c(F)c1O. The highest BCUT2D eigenvalue weighted by Crippen LogP contribution is 2.29. The molecule has 90 valence electrons.